The Kier molecular flexibility index (Phi) is 4.82. The molecule has 8 nitrogen and oxygen atoms in total. The first-order chi connectivity index (χ1) is 14.0. The second-order valence-electron chi connectivity index (χ2n) is 6.48. The van der Waals surface area contributed by atoms with Gasteiger partial charge in [0.2, 0.25) is 5.91 Å². The second kappa shape index (κ2) is 7.59. The molecule has 0 bridgehead atoms. The number of benzene rings is 1. The van der Waals surface area contributed by atoms with Gasteiger partial charge in [0.25, 0.3) is 11.6 Å². The maximum Gasteiger partial charge on any atom is 0.259 e. The summed E-state index contributed by atoms with van der Waals surface area (Å²) in [7, 11) is 1.59. The smallest absolute Gasteiger partial charge is 0.259 e. The Morgan fingerprint density at radius 1 is 1.14 bits per heavy atom. The molecule has 0 aliphatic carbocycles. The average molecular weight is 390 g/mol. The number of anilines is 1. The van der Waals surface area contributed by atoms with E-state index in [0.29, 0.717) is 33.8 Å². The van der Waals surface area contributed by atoms with E-state index in [1.807, 2.05) is 0 Å². The standard InChI is InChI=1S/C21H18N4O4/c1-12-19-15(11-16(17-4-3-9-28-17)24-21(19)29-25-12)20(27)23-14-7-5-13(6-8-14)10-18(26)22-2/h3-9,11H,10H2,1-2H3,(H,22,26)(H,23,27). The van der Waals surface area contributed by atoms with Gasteiger partial charge in [-0.15, -0.1) is 0 Å². The lowest BCUT2D eigenvalue weighted by Gasteiger charge is -2.08. The van der Waals surface area contributed by atoms with Crippen LogP contribution < -0.4 is 10.6 Å². The zero-order valence-electron chi connectivity index (χ0n) is 15.9. The zero-order valence-corrected chi connectivity index (χ0v) is 15.9. The molecule has 2 N–H and O–H groups in total. The predicted octanol–water partition coefficient (Wildman–Crippen LogP) is 3.33. The number of carbonyl (C=O) groups excluding carboxylic acids is 2. The Balaban J connectivity index is 1.64. The number of amides is 2. The van der Waals surface area contributed by atoms with E-state index in [0.717, 1.165) is 5.56 Å². The number of aromatic nitrogens is 2. The van der Waals surface area contributed by atoms with E-state index in [9.17, 15) is 9.59 Å². The van der Waals surface area contributed by atoms with Crippen molar-refractivity contribution in [2.45, 2.75) is 13.3 Å². The fraction of sp³-hybridized carbons (Fsp3) is 0.143. The van der Waals surface area contributed by atoms with Crippen LogP contribution in [0.15, 0.2) is 57.7 Å². The molecule has 0 spiro atoms. The van der Waals surface area contributed by atoms with Gasteiger partial charge in [0.15, 0.2) is 5.76 Å². The van der Waals surface area contributed by atoms with Crippen molar-refractivity contribution in [2.24, 2.45) is 0 Å². The largest absolute Gasteiger partial charge is 0.463 e. The molecule has 4 rings (SSSR count). The molecule has 0 saturated carbocycles. The molecule has 0 unspecified atom stereocenters. The minimum absolute atomic E-state index is 0.0747. The van der Waals surface area contributed by atoms with E-state index in [4.69, 9.17) is 8.94 Å². The van der Waals surface area contributed by atoms with Crippen molar-refractivity contribution in [3.05, 3.63) is 65.5 Å². The first-order valence-corrected chi connectivity index (χ1v) is 8.97. The van der Waals surface area contributed by atoms with Crippen molar-refractivity contribution >= 4 is 28.6 Å². The predicted molar refractivity (Wildman–Crippen MR) is 106 cm³/mol. The van der Waals surface area contributed by atoms with Gasteiger partial charge in [0, 0.05) is 12.7 Å². The summed E-state index contributed by atoms with van der Waals surface area (Å²) in [5.74, 6) is 0.124. The van der Waals surface area contributed by atoms with E-state index in [1.54, 1.807) is 56.4 Å². The quantitative estimate of drug-likeness (QED) is 0.541. The number of aryl methyl sites for hydroxylation is 1. The molecule has 146 valence electrons. The molecular weight excluding hydrogens is 372 g/mol. The molecule has 0 atom stereocenters. The lowest BCUT2D eigenvalue weighted by atomic mass is 10.1. The molecule has 4 aromatic rings. The van der Waals surface area contributed by atoms with Crippen molar-refractivity contribution in [1.29, 1.82) is 0 Å². The molecule has 8 heteroatoms. The number of hydrogen-bond acceptors (Lipinski definition) is 6. The molecule has 0 saturated heterocycles. The number of likely N-dealkylation sites (N-methyl/N-ethyl adjacent to an activating group) is 1. The summed E-state index contributed by atoms with van der Waals surface area (Å²) in [6.45, 7) is 1.75. The van der Waals surface area contributed by atoms with Gasteiger partial charge >= 0.3 is 0 Å². The summed E-state index contributed by atoms with van der Waals surface area (Å²) in [5, 5.41) is 9.93. The van der Waals surface area contributed by atoms with E-state index < -0.39 is 0 Å². The van der Waals surface area contributed by atoms with Crippen molar-refractivity contribution < 1.29 is 18.5 Å². The van der Waals surface area contributed by atoms with E-state index in [-0.39, 0.29) is 23.9 Å². The van der Waals surface area contributed by atoms with Crippen molar-refractivity contribution in [2.75, 3.05) is 12.4 Å². The van der Waals surface area contributed by atoms with Gasteiger partial charge in [-0.05, 0) is 42.8 Å². The number of rotatable bonds is 5. The van der Waals surface area contributed by atoms with E-state index in [1.165, 1.54) is 6.26 Å². The maximum absolute atomic E-state index is 13.0. The van der Waals surface area contributed by atoms with Crippen LogP contribution in [0.25, 0.3) is 22.6 Å². The Bertz CT molecular complexity index is 1180. The number of hydrogen-bond donors (Lipinski definition) is 2. The number of nitrogens with zero attached hydrogens (tertiary/aromatic N) is 2. The highest BCUT2D eigenvalue weighted by atomic mass is 16.5. The molecule has 3 heterocycles. The Morgan fingerprint density at radius 3 is 2.62 bits per heavy atom. The third-order valence-corrected chi connectivity index (χ3v) is 4.49. The van der Waals surface area contributed by atoms with Gasteiger partial charge in [-0.2, -0.15) is 0 Å². The van der Waals surface area contributed by atoms with E-state index >= 15 is 0 Å². The SMILES string of the molecule is CNC(=O)Cc1ccc(NC(=O)c2cc(-c3ccco3)nc3onc(C)c23)cc1. The van der Waals surface area contributed by atoms with Gasteiger partial charge in [0.1, 0.15) is 5.69 Å². The third-order valence-electron chi connectivity index (χ3n) is 4.49. The highest BCUT2D eigenvalue weighted by Gasteiger charge is 2.20. The number of fused-ring (bicyclic) bond motifs is 1. The molecule has 3 aromatic heterocycles. The van der Waals surface area contributed by atoms with Crippen molar-refractivity contribution in [3.8, 4) is 11.5 Å². The van der Waals surface area contributed by atoms with Gasteiger partial charge in [0.05, 0.1) is 29.3 Å². The monoisotopic (exact) mass is 390 g/mol. The lowest BCUT2D eigenvalue weighted by Crippen LogP contribution is -2.19. The van der Waals surface area contributed by atoms with Gasteiger partial charge in [-0.1, -0.05) is 17.3 Å². The van der Waals surface area contributed by atoms with Crippen LogP contribution >= 0.6 is 0 Å². The van der Waals surface area contributed by atoms with Crippen molar-refractivity contribution in [3.63, 3.8) is 0 Å². The fourth-order valence-electron chi connectivity index (χ4n) is 3.00. The summed E-state index contributed by atoms with van der Waals surface area (Å²) in [5.41, 5.74) is 3.16. The van der Waals surface area contributed by atoms with Crippen LogP contribution in [0.1, 0.15) is 21.6 Å². The highest BCUT2D eigenvalue weighted by Crippen LogP contribution is 2.28. The zero-order chi connectivity index (χ0) is 20.4. The van der Waals surface area contributed by atoms with Crippen LogP contribution in [0.2, 0.25) is 0 Å². The average Bonchev–Trinajstić information content (AvgIpc) is 3.39. The summed E-state index contributed by atoms with van der Waals surface area (Å²) < 4.78 is 10.7. The van der Waals surface area contributed by atoms with Gasteiger partial charge in [-0.3, -0.25) is 9.59 Å². The third kappa shape index (κ3) is 3.73. The molecule has 1 aromatic carbocycles. The minimum atomic E-state index is -0.324. The summed E-state index contributed by atoms with van der Waals surface area (Å²) in [6, 6.07) is 12.3. The van der Waals surface area contributed by atoms with Gasteiger partial charge < -0.3 is 19.6 Å². The highest BCUT2D eigenvalue weighted by molar-refractivity contribution is 6.13. The molecule has 2 amide bonds. The molecular formula is C21H18N4O4. The topological polar surface area (TPSA) is 110 Å². The van der Waals surface area contributed by atoms with Crippen LogP contribution in [0.3, 0.4) is 0 Å². The Labute approximate surface area is 165 Å². The lowest BCUT2D eigenvalue weighted by molar-refractivity contribution is -0.119. The first-order valence-electron chi connectivity index (χ1n) is 8.97. The second-order valence-corrected chi connectivity index (χ2v) is 6.48. The molecule has 0 aliphatic heterocycles. The molecule has 0 fully saturated rings. The fourth-order valence-corrected chi connectivity index (χ4v) is 3.00. The number of nitrogens with one attached hydrogen (secondary N) is 2. The van der Waals surface area contributed by atoms with Crippen LogP contribution in [-0.2, 0) is 11.2 Å². The summed E-state index contributed by atoms with van der Waals surface area (Å²) in [4.78, 5) is 28.9. The number of pyridine rings is 1. The first kappa shape index (κ1) is 18.4. The Morgan fingerprint density at radius 2 is 1.93 bits per heavy atom. The van der Waals surface area contributed by atoms with Crippen LogP contribution in [0, 0.1) is 6.92 Å². The summed E-state index contributed by atoms with van der Waals surface area (Å²) in [6.07, 6.45) is 1.81. The summed E-state index contributed by atoms with van der Waals surface area (Å²) >= 11 is 0. The normalized spacial score (nSPS) is 10.8. The van der Waals surface area contributed by atoms with Crippen LogP contribution in [-0.4, -0.2) is 29.0 Å². The minimum Gasteiger partial charge on any atom is -0.463 e. The van der Waals surface area contributed by atoms with E-state index in [2.05, 4.69) is 20.8 Å². The number of furan rings is 1. The van der Waals surface area contributed by atoms with Crippen LogP contribution in [0.4, 0.5) is 5.69 Å². The van der Waals surface area contributed by atoms with Crippen LogP contribution in [0.5, 0.6) is 0 Å². The Hall–Kier alpha value is -3.94. The molecule has 0 radical (unpaired) electrons. The maximum atomic E-state index is 13.0. The molecule has 0 aliphatic rings. The van der Waals surface area contributed by atoms with Gasteiger partial charge in [-0.25, -0.2) is 4.98 Å². The number of carbonyl (C=O) groups is 2. The van der Waals surface area contributed by atoms with Crippen molar-refractivity contribution in [1.82, 2.24) is 15.5 Å². The molecule has 29 heavy (non-hydrogen) atoms.